The second-order valence-corrected chi connectivity index (χ2v) is 4.06. The largest absolute Gasteiger partial charge is 0.393 e. The van der Waals surface area contributed by atoms with E-state index in [1.165, 1.54) is 6.42 Å². The lowest BCUT2D eigenvalue weighted by atomic mass is 10.0. The van der Waals surface area contributed by atoms with E-state index in [2.05, 4.69) is 26.1 Å². The number of aliphatic hydroxyl groups excluding tert-OH is 1. The Morgan fingerprint density at radius 3 is 2.15 bits per heavy atom. The monoisotopic (exact) mass is 187 g/mol. The summed E-state index contributed by atoms with van der Waals surface area (Å²) in [6, 6.07) is 0.601. The van der Waals surface area contributed by atoms with Crippen molar-refractivity contribution in [3.8, 4) is 0 Å². The first-order valence-electron chi connectivity index (χ1n) is 5.53. The highest BCUT2D eigenvalue weighted by Gasteiger charge is 2.10. The molecule has 0 saturated heterocycles. The molecule has 0 saturated carbocycles. The van der Waals surface area contributed by atoms with Crippen LogP contribution in [0.15, 0.2) is 0 Å². The molecule has 2 nitrogen and oxygen atoms in total. The van der Waals surface area contributed by atoms with Crippen LogP contribution in [-0.2, 0) is 0 Å². The number of hydrogen-bond donors (Lipinski definition) is 2. The van der Waals surface area contributed by atoms with Crippen molar-refractivity contribution < 1.29 is 5.11 Å². The van der Waals surface area contributed by atoms with Gasteiger partial charge >= 0.3 is 0 Å². The van der Waals surface area contributed by atoms with E-state index in [-0.39, 0.29) is 6.10 Å². The van der Waals surface area contributed by atoms with Crippen LogP contribution >= 0.6 is 0 Å². The number of hydrogen-bond acceptors (Lipinski definition) is 2. The zero-order chi connectivity index (χ0) is 10.3. The van der Waals surface area contributed by atoms with Crippen molar-refractivity contribution in [1.82, 2.24) is 5.32 Å². The lowest BCUT2D eigenvalue weighted by molar-refractivity contribution is 0.157. The summed E-state index contributed by atoms with van der Waals surface area (Å²) in [5.41, 5.74) is 0. The summed E-state index contributed by atoms with van der Waals surface area (Å²) in [5, 5.41) is 12.8. The third-order valence-corrected chi connectivity index (χ3v) is 2.60. The lowest BCUT2D eigenvalue weighted by Crippen LogP contribution is -2.35. The van der Waals surface area contributed by atoms with E-state index in [1.807, 2.05) is 6.92 Å². The van der Waals surface area contributed by atoms with Crippen LogP contribution in [-0.4, -0.2) is 23.8 Å². The van der Waals surface area contributed by atoms with Crippen molar-refractivity contribution in [2.24, 2.45) is 5.92 Å². The van der Waals surface area contributed by atoms with E-state index in [4.69, 9.17) is 0 Å². The Morgan fingerprint density at radius 2 is 1.77 bits per heavy atom. The van der Waals surface area contributed by atoms with E-state index in [9.17, 15) is 5.11 Å². The van der Waals surface area contributed by atoms with Gasteiger partial charge in [-0.2, -0.15) is 0 Å². The van der Waals surface area contributed by atoms with E-state index in [1.54, 1.807) is 0 Å². The maximum absolute atomic E-state index is 9.34. The zero-order valence-corrected chi connectivity index (χ0v) is 9.51. The molecule has 0 radical (unpaired) electrons. The van der Waals surface area contributed by atoms with Crippen molar-refractivity contribution in [1.29, 1.82) is 0 Å². The van der Waals surface area contributed by atoms with Crippen LogP contribution in [0, 0.1) is 5.92 Å². The van der Waals surface area contributed by atoms with Crippen molar-refractivity contribution in [3.05, 3.63) is 0 Å². The Bertz CT molecular complexity index is 115. The number of aliphatic hydroxyl groups is 1. The van der Waals surface area contributed by atoms with E-state index in [0.717, 1.165) is 19.4 Å². The molecular weight excluding hydrogens is 162 g/mol. The minimum Gasteiger partial charge on any atom is -0.393 e. The van der Waals surface area contributed by atoms with Crippen molar-refractivity contribution in [2.45, 2.75) is 59.1 Å². The Balaban J connectivity index is 3.49. The third-order valence-electron chi connectivity index (χ3n) is 2.60. The standard InChI is InChI=1S/C11H25NO/c1-5-10(13)7-8-12-11(6-2)9(3)4/h9-13H,5-8H2,1-4H3. The number of rotatable bonds is 7. The molecule has 0 aliphatic rings. The van der Waals surface area contributed by atoms with Gasteiger partial charge in [0.05, 0.1) is 6.10 Å². The molecule has 0 aliphatic carbocycles. The highest BCUT2D eigenvalue weighted by atomic mass is 16.3. The quantitative estimate of drug-likeness (QED) is 0.640. The molecule has 0 aromatic rings. The molecule has 13 heavy (non-hydrogen) atoms. The fourth-order valence-corrected chi connectivity index (χ4v) is 1.49. The second kappa shape index (κ2) is 7.34. The molecule has 0 fully saturated rings. The lowest BCUT2D eigenvalue weighted by Gasteiger charge is -2.21. The van der Waals surface area contributed by atoms with Crippen LogP contribution in [0.25, 0.3) is 0 Å². The summed E-state index contributed by atoms with van der Waals surface area (Å²) in [4.78, 5) is 0. The van der Waals surface area contributed by atoms with Crippen LogP contribution in [0.2, 0.25) is 0 Å². The smallest absolute Gasteiger partial charge is 0.0549 e. The van der Waals surface area contributed by atoms with Crippen LogP contribution in [0.3, 0.4) is 0 Å². The summed E-state index contributed by atoms with van der Waals surface area (Å²) in [5.74, 6) is 0.684. The first kappa shape index (κ1) is 12.9. The molecule has 2 unspecified atom stereocenters. The van der Waals surface area contributed by atoms with Crippen LogP contribution in [0.5, 0.6) is 0 Å². The van der Waals surface area contributed by atoms with Crippen molar-refractivity contribution in [3.63, 3.8) is 0 Å². The van der Waals surface area contributed by atoms with Gasteiger partial charge in [-0.05, 0) is 31.7 Å². The fraction of sp³-hybridized carbons (Fsp3) is 1.00. The van der Waals surface area contributed by atoms with Gasteiger partial charge in [-0.25, -0.2) is 0 Å². The van der Waals surface area contributed by atoms with E-state index < -0.39 is 0 Å². The van der Waals surface area contributed by atoms with Crippen molar-refractivity contribution in [2.75, 3.05) is 6.54 Å². The molecule has 0 amide bonds. The molecular formula is C11H25NO. The molecule has 2 N–H and O–H groups in total. The summed E-state index contributed by atoms with van der Waals surface area (Å²) in [6.07, 6.45) is 2.77. The van der Waals surface area contributed by atoms with Gasteiger partial charge < -0.3 is 10.4 Å². The first-order valence-corrected chi connectivity index (χ1v) is 5.53. The molecule has 0 aromatic heterocycles. The average Bonchev–Trinajstić information content (AvgIpc) is 2.11. The first-order chi connectivity index (χ1) is 6.11. The second-order valence-electron chi connectivity index (χ2n) is 4.06. The van der Waals surface area contributed by atoms with Gasteiger partial charge in [-0.3, -0.25) is 0 Å². The van der Waals surface area contributed by atoms with Gasteiger partial charge in [0.2, 0.25) is 0 Å². The van der Waals surface area contributed by atoms with E-state index >= 15 is 0 Å². The Labute approximate surface area is 82.7 Å². The van der Waals surface area contributed by atoms with Crippen LogP contribution in [0.1, 0.15) is 47.0 Å². The summed E-state index contributed by atoms with van der Waals surface area (Å²) in [7, 11) is 0. The van der Waals surface area contributed by atoms with Gasteiger partial charge in [0.1, 0.15) is 0 Å². The van der Waals surface area contributed by atoms with Gasteiger partial charge in [0.15, 0.2) is 0 Å². The predicted molar refractivity (Wildman–Crippen MR) is 57.8 cm³/mol. The topological polar surface area (TPSA) is 32.3 Å². The van der Waals surface area contributed by atoms with Gasteiger partial charge in [0, 0.05) is 6.04 Å². The number of nitrogens with one attached hydrogen (secondary N) is 1. The molecule has 0 aromatic carbocycles. The minimum absolute atomic E-state index is 0.128. The normalized spacial score (nSPS) is 16.2. The molecule has 2 atom stereocenters. The Kier molecular flexibility index (Phi) is 7.29. The highest BCUT2D eigenvalue weighted by Crippen LogP contribution is 2.05. The molecule has 80 valence electrons. The molecule has 2 heteroatoms. The summed E-state index contributed by atoms with van der Waals surface area (Å²) in [6.45, 7) is 9.62. The fourth-order valence-electron chi connectivity index (χ4n) is 1.49. The van der Waals surface area contributed by atoms with Crippen molar-refractivity contribution >= 4 is 0 Å². The SMILES string of the molecule is CCC(O)CCNC(CC)C(C)C. The third kappa shape index (κ3) is 6.05. The van der Waals surface area contributed by atoms with E-state index in [0.29, 0.717) is 12.0 Å². The predicted octanol–water partition coefficient (Wildman–Crippen LogP) is 2.17. The zero-order valence-electron chi connectivity index (χ0n) is 9.51. The molecule has 0 spiro atoms. The summed E-state index contributed by atoms with van der Waals surface area (Å²) < 4.78 is 0. The Morgan fingerprint density at radius 1 is 1.15 bits per heavy atom. The minimum atomic E-state index is -0.128. The van der Waals surface area contributed by atoms with Crippen LogP contribution < -0.4 is 5.32 Å². The molecule has 0 aliphatic heterocycles. The molecule has 0 rings (SSSR count). The maximum Gasteiger partial charge on any atom is 0.0549 e. The maximum atomic E-state index is 9.34. The van der Waals surface area contributed by atoms with Gasteiger partial charge in [-0.1, -0.05) is 27.7 Å². The summed E-state index contributed by atoms with van der Waals surface area (Å²) >= 11 is 0. The highest BCUT2D eigenvalue weighted by molar-refractivity contribution is 4.69. The molecule has 0 bridgehead atoms. The Hall–Kier alpha value is -0.0800. The van der Waals surface area contributed by atoms with Gasteiger partial charge in [-0.15, -0.1) is 0 Å². The average molecular weight is 187 g/mol. The molecule has 0 heterocycles. The van der Waals surface area contributed by atoms with Gasteiger partial charge in [0.25, 0.3) is 0 Å². The van der Waals surface area contributed by atoms with Crippen LogP contribution in [0.4, 0.5) is 0 Å².